The number of rotatable bonds is 6. The lowest BCUT2D eigenvalue weighted by Crippen LogP contribution is -2.18. The monoisotopic (exact) mass is 872 g/mol. The minimum absolute atomic E-state index is 0.182. The maximum atomic E-state index is 4.73. The fourth-order valence-electron chi connectivity index (χ4n) is 12.2. The van der Waals surface area contributed by atoms with Crippen LogP contribution in [0.15, 0.2) is 193 Å². The fourth-order valence-corrected chi connectivity index (χ4v) is 12.2. The Bertz CT molecular complexity index is 3960. The van der Waals surface area contributed by atoms with E-state index >= 15 is 0 Å². The molecule has 0 radical (unpaired) electrons. The summed E-state index contributed by atoms with van der Waals surface area (Å²) in [5.74, 6) is 0. The third-order valence-electron chi connectivity index (χ3n) is 15.2. The lowest BCUT2D eigenvalue weighted by Gasteiger charge is -2.32. The predicted octanol–water partition coefficient (Wildman–Crippen LogP) is 16.0. The second-order valence-corrected chi connectivity index (χ2v) is 19.3. The summed E-state index contributed by atoms with van der Waals surface area (Å²) in [5, 5.41) is 5.36. The van der Waals surface area contributed by atoms with E-state index in [9.17, 15) is 0 Å². The number of hydrogen-bond acceptors (Lipinski definition) is 2. The van der Waals surface area contributed by atoms with E-state index in [0.29, 0.717) is 0 Å². The maximum absolute atomic E-state index is 4.73. The molecule has 8 aromatic carbocycles. The highest BCUT2D eigenvalue weighted by molar-refractivity contribution is 6.16. The Hall–Kier alpha value is -8.08. The van der Waals surface area contributed by atoms with E-state index in [2.05, 4.69) is 204 Å². The molecule has 0 fully saturated rings. The van der Waals surface area contributed by atoms with E-state index in [4.69, 9.17) is 4.99 Å². The van der Waals surface area contributed by atoms with Gasteiger partial charge in [0, 0.05) is 63.0 Å². The number of aromatic nitrogens is 3. The Labute approximate surface area is 396 Å². The lowest BCUT2D eigenvalue weighted by molar-refractivity contribution is 0.657. The summed E-state index contributed by atoms with van der Waals surface area (Å²) < 4.78 is 5.24. The normalized spacial score (nSPS) is 15.1. The standard InChI is InChI=1S/C64H48N4/c1-39-31-51(27-29-65-39)67-59-25-21-47(45-17-9-15-43(33-45)41-11-5-3-6-12-41)35-55(59)57-37-49-20-24-54-62-50(19-23-53(61(49)62)63(57)67)38-58-56-36-48(46-18-10-16-44(34-46)42-13-7-4-8-14-42)22-26-60(56)68(64(54)58)52-28-30-66-40(2)32-52/h3-18,21-22,25-31,33-38,52H,19-20,23-24,32H2,1-2H3. The van der Waals surface area contributed by atoms with Gasteiger partial charge in [0.2, 0.25) is 0 Å². The van der Waals surface area contributed by atoms with Crippen molar-refractivity contribution in [3.63, 3.8) is 0 Å². The van der Waals surface area contributed by atoms with Crippen molar-refractivity contribution in [3.05, 3.63) is 216 Å². The molecule has 0 saturated carbocycles. The summed E-state index contributed by atoms with van der Waals surface area (Å²) in [4.78, 5) is 9.39. The number of nitrogens with zero attached hydrogens (tertiary/aromatic N) is 4. The highest BCUT2D eigenvalue weighted by Crippen LogP contribution is 2.52. The molecule has 68 heavy (non-hydrogen) atoms. The van der Waals surface area contributed by atoms with Gasteiger partial charge in [-0.15, -0.1) is 0 Å². The quantitative estimate of drug-likeness (QED) is 0.164. The van der Waals surface area contributed by atoms with Crippen LogP contribution in [-0.4, -0.2) is 19.8 Å². The molecule has 3 aliphatic rings. The summed E-state index contributed by atoms with van der Waals surface area (Å²) in [6.07, 6.45) is 11.2. The van der Waals surface area contributed by atoms with Crippen molar-refractivity contribution in [1.29, 1.82) is 0 Å². The molecule has 0 saturated heterocycles. The van der Waals surface area contributed by atoms with Crippen LogP contribution < -0.4 is 0 Å². The summed E-state index contributed by atoms with van der Waals surface area (Å²) in [7, 11) is 0. The van der Waals surface area contributed by atoms with Crippen LogP contribution in [0.3, 0.4) is 0 Å². The van der Waals surface area contributed by atoms with Gasteiger partial charge in [-0.1, -0.05) is 109 Å². The number of aliphatic imine (C=N–C) groups is 1. The Kier molecular flexibility index (Phi) is 8.76. The van der Waals surface area contributed by atoms with E-state index < -0.39 is 0 Å². The van der Waals surface area contributed by atoms with Gasteiger partial charge in [0.25, 0.3) is 0 Å². The van der Waals surface area contributed by atoms with Crippen LogP contribution in [0, 0.1) is 6.92 Å². The smallest absolute Gasteiger partial charge is 0.0592 e. The molecule has 0 bridgehead atoms. The number of aryl methyl sites for hydroxylation is 5. The molecular formula is C64H48N4. The second-order valence-electron chi connectivity index (χ2n) is 19.3. The Morgan fingerprint density at radius 3 is 1.59 bits per heavy atom. The van der Waals surface area contributed by atoms with E-state index in [1.807, 2.05) is 12.4 Å². The molecule has 0 N–H and O–H groups in total. The van der Waals surface area contributed by atoms with Crippen LogP contribution in [0.2, 0.25) is 0 Å². The number of pyridine rings is 1. The van der Waals surface area contributed by atoms with Gasteiger partial charge < -0.3 is 9.13 Å². The average molecular weight is 873 g/mol. The van der Waals surface area contributed by atoms with Crippen molar-refractivity contribution < 1.29 is 0 Å². The summed E-state index contributed by atoms with van der Waals surface area (Å²) in [6.45, 7) is 4.28. The summed E-state index contributed by atoms with van der Waals surface area (Å²) in [6, 6.07) is 63.6. The zero-order valence-electron chi connectivity index (χ0n) is 38.3. The molecule has 1 atom stereocenters. The fraction of sp³-hybridized carbons (Fsp3) is 0.125. The first-order chi connectivity index (χ1) is 33.5. The molecule has 11 aromatic rings. The number of fused-ring (bicyclic) bond motifs is 8. The predicted molar refractivity (Wildman–Crippen MR) is 284 cm³/mol. The Balaban J connectivity index is 0.996. The topological polar surface area (TPSA) is 35.1 Å². The number of hydrogen-bond donors (Lipinski definition) is 0. The lowest BCUT2D eigenvalue weighted by atomic mass is 9.74. The zero-order chi connectivity index (χ0) is 45.0. The van der Waals surface area contributed by atoms with Crippen LogP contribution in [-0.2, 0) is 25.7 Å². The van der Waals surface area contributed by atoms with Crippen molar-refractivity contribution in [3.8, 4) is 61.3 Å². The van der Waals surface area contributed by atoms with E-state index in [1.165, 1.54) is 127 Å². The molecule has 1 aliphatic heterocycles. The van der Waals surface area contributed by atoms with Gasteiger partial charge in [-0.2, -0.15) is 0 Å². The van der Waals surface area contributed by atoms with E-state index in [0.717, 1.165) is 43.5 Å². The molecule has 0 amide bonds. The van der Waals surface area contributed by atoms with Crippen LogP contribution in [0.25, 0.3) is 105 Å². The van der Waals surface area contributed by atoms with Crippen LogP contribution in [0.4, 0.5) is 0 Å². The summed E-state index contributed by atoms with van der Waals surface area (Å²) in [5.41, 5.74) is 27.4. The van der Waals surface area contributed by atoms with Crippen molar-refractivity contribution in [2.75, 3.05) is 0 Å². The van der Waals surface area contributed by atoms with Crippen molar-refractivity contribution >= 4 is 49.3 Å². The molecule has 4 heteroatoms. The highest BCUT2D eigenvalue weighted by atomic mass is 15.0. The third-order valence-corrected chi connectivity index (χ3v) is 15.2. The first kappa shape index (κ1) is 39.1. The van der Waals surface area contributed by atoms with Gasteiger partial charge in [0.1, 0.15) is 0 Å². The molecule has 0 spiro atoms. The van der Waals surface area contributed by atoms with Crippen LogP contribution in [0.1, 0.15) is 47.3 Å². The Morgan fingerprint density at radius 1 is 0.456 bits per heavy atom. The van der Waals surface area contributed by atoms with Gasteiger partial charge in [0.15, 0.2) is 0 Å². The maximum Gasteiger partial charge on any atom is 0.0592 e. The molecular weight excluding hydrogens is 825 g/mol. The van der Waals surface area contributed by atoms with Crippen molar-refractivity contribution in [2.24, 2.45) is 4.99 Å². The molecule has 4 nitrogen and oxygen atoms in total. The van der Waals surface area contributed by atoms with Gasteiger partial charge in [0.05, 0.1) is 22.6 Å². The van der Waals surface area contributed by atoms with Crippen LogP contribution >= 0.6 is 0 Å². The average Bonchev–Trinajstić information content (AvgIpc) is 3.90. The SMILES string of the molecule is CC1=NC=CC(n2c3ccc(-c4cccc(-c5ccccc5)c4)cc3c3cc4c5c(c32)CCc2cc3c6cc(-c7cccc(-c8ccccc8)c7)ccc6n(-c6ccnc(C)c6)c3c(c2-5)CC4)C1. The zero-order valence-corrected chi connectivity index (χ0v) is 38.3. The first-order valence-electron chi connectivity index (χ1n) is 24.2. The van der Waals surface area contributed by atoms with Crippen molar-refractivity contribution in [2.45, 2.75) is 52.0 Å². The molecule has 2 aliphatic carbocycles. The molecule has 1 unspecified atom stereocenters. The van der Waals surface area contributed by atoms with Crippen LogP contribution in [0.5, 0.6) is 0 Å². The number of allylic oxidation sites excluding steroid dienone is 1. The summed E-state index contributed by atoms with van der Waals surface area (Å²) >= 11 is 0. The largest absolute Gasteiger partial charge is 0.333 e. The van der Waals surface area contributed by atoms with Gasteiger partial charge in [-0.3, -0.25) is 9.98 Å². The number of benzene rings is 8. The second kappa shape index (κ2) is 15.2. The van der Waals surface area contributed by atoms with Crippen molar-refractivity contribution in [1.82, 2.24) is 14.1 Å². The molecule has 324 valence electrons. The van der Waals surface area contributed by atoms with Gasteiger partial charge in [-0.25, -0.2) is 0 Å². The van der Waals surface area contributed by atoms with E-state index in [-0.39, 0.29) is 6.04 Å². The Morgan fingerprint density at radius 2 is 0.985 bits per heavy atom. The minimum Gasteiger partial charge on any atom is -0.333 e. The van der Waals surface area contributed by atoms with Gasteiger partial charge >= 0.3 is 0 Å². The first-order valence-corrected chi connectivity index (χ1v) is 24.2. The molecule has 3 aromatic heterocycles. The minimum atomic E-state index is 0.182. The van der Waals surface area contributed by atoms with Gasteiger partial charge in [-0.05, 0) is 184 Å². The molecule has 4 heterocycles. The highest BCUT2D eigenvalue weighted by Gasteiger charge is 2.34. The molecule has 14 rings (SSSR count). The van der Waals surface area contributed by atoms with E-state index in [1.54, 1.807) is 0 Å². The third kappa shape index (κ3) is 6.06.